The van der Waals surface area contributed by atoms with Crippen LogP contribution in [0.3, 0.4) is 0 Å². The number of aryl methyl sites for hydroxylation is 1. The molecule has 5 aliphatic rings. The highest BCUT2D eigenvalue weighted by Gasteiger charge is 2.80. The zero-order valence-electron chi connectivity index (χ0n) is 27.8. The Kier molecular flexibility index (Phi) is 8.29. The van der Waals surface area contributed by atoms with Gasteiger partial charge in [0.15, 0.2) is 29.1 Å². The zero-order chi connectivity index (χ0) is 36.2. The van der Waals surface area contributed by atoms with Crippen LogP contribution in [0.5, 0.6) is 0 Å². The third-order valence-corrected chi connectivity index (χ3v) is 12.8. The van der Waals surface area contributed by atoms with Crippen molar-refractivity contribution in [3.63, 3.8) is 0 Å². The van der Waals surface area contributed by atoms with Crippen LogP contribution >= 0.6 is 7.82 Å². The molecule has 0 bridgehead atoms. The normalized spacial score (nSPS) is 39.1. The molecule has 0 radical (unpaired) electrons. The number of nitrogens with two attached hydrogens (primary N) is 1. The second-order valence-electron chi connectivity index (χ2n) is 14.8. The summed E-state index contributed by atoms with van der Waals surface area (Å²) in [4.78, 5) is 45.4. The molecule has 0 unspecified atom stereocenters. The number of ketones is 2. The van der Waals surface area contributed by atoms with Gasteiger partial charge in [0.25, 0.3) is 0 Å². The maximum absolute atomic E-state index is 17.7. The van der Waals surface area contributed by atoms with E-state index in [1.807, 2.05) is 23.7 Å². The number of aliphatic hydroxyl groups excluding tert-OH is 2. The van der Waals surface area contributed by atoms with E-state index < -0.39 is 84.6 Å². The predicted molar refractivity (Wildman–Crippen MR) is 173 cm³/mol. The summed E-state index contributed by atoms with van der Waals surface area (Å²) in [5.41, 5.74) is 1.94. The van der Waals surface area contributed by atoms with Crippen molar-refractivity contribution in [1.29, 1.82) is 0 Å². The number of carbonyl (C=O) groups is 2. The van der Waals surface area contributed by atoms with Crippen molar-refractivity contribution in [1.82, 2.24) is 4.57 Å². The summed E-state index contributed by atoms with van der Waals surface area (Å²) < 4.78 is 65.0. The van der Waals surface area contributed by atoms with Gasteiger partial charge in [-0.1, -0.05) is 25.1 Å². The lowest BCUT2D eigenvalue weighted by molar-refractivity contribution is -0.235. The number of Topliss-reactive ketones (excluding diaryl/α,β-unsaturated/α-hetero) is 1. The Hall–Kier alpha value is -3.07. The number of benzene rings is 1. The molecule has 2 aromatic rings. The second kappa shape index (κ2) is 11.7. The first-order valence-electron chi connectivity index (χ1n) is 16.5. The van der Waals surface area contributed by atoms with Crippen LogP contribution in [0.4, 0.5) is 14.5 Å². The van der Waals surface area contributed by atoms with Crippen molar-refractivity contribution < 1.29 is 56.9 Å². The first-order valence-corrected chi connectivity index (χ1v) is 18.1. The molecule has 4 fully saturated rings. The fourth-order valence-corrected chi connectivity index (χ4v) is 10.2. The number of alkyl halides is 2. The van der Waals surface area contributed by atoms with Crippen molar-refractivity contribution in [2.24, 2.45) is 29.7 Å². The van der Waals surface area contributed by atoms with Crippen LogP contribution in [0.2, 0.25) is 0 Å². The average molecular weight is 719 g/mol. The number of phosphoric acid groups is 1. The number of aliphatic hydroxyl groups is 2. The van der Waals surface area contributed by atoms with Gasteiger partial charge in [-0.05, 0) is 67.5 Å². The number of allylic oxidation sites excluding steroid dienone is 4. The van der Waals surface area contributed by atoms with Gasteiger partial charge in [0, 0.05) is 58.9 Å². The molecule has 3 saturated carbocycles. The Morgan fingerprint density at radius 2 is 1.94 bits per heavy atom. The number of nitrogens with zero attached hydrogens (tertiary/aromatic N) is 1. The van der Waals surface area contributed by atoms with Crippen molar-refractivity contribution in [3.05, 3.63) is 76.6 Å². The molecular formula is C35H41F2N2O10P. The molecule has 12 nitrogen and oxygen atoms in total. The summed E-state index contributed by atoms with van der Waals surface area (Å²) in [5.74, 6) is -3.23. The van der Waals surface area contributed by atoms with E-state index in [0.29, 0.717) is 23.2 Å². The number of hydrogen-bond acceptors (Lipinski definition) is 9. The lowest BCUT2D eigenvalue weighted by atomic mass is 9.44. The number of ether oxygens (including phenoxy) is 2. The van der Waals surface area contributed by atoms with E-state index in [1.165, 1.54) is 19.1 Å². The Morgan fingerprint density at radius 3 is 2.62 bits per heavy atom. The number of rotatable bonds is 8. The van der Waals surface area contributed by atoms with Crippen LogP contribution in [-0.4, -0.2) is 72.4 Å². The van der Waals surface area contributed by atoms with Crippen molar-refractivity contribution >= 4 is 25.1 Å². The third kappa shape index (κ3) is 4.98. The van der Waals surface area contributed by atoms with Gasteiger partial charge in [-0.2, -0.15) is 0 Å². The van der Waals surface area contributed by atoms with E-state index in [1.54, 1.807) is 25.3 Å². The van der Waals surface area contributed by atoms with E-state index in [4.69, 9.17) is 15.2 Å². The largest absolute Gasteiger partial charge is 0.470 e. The number of fused-ring (bicyclic) bond motifs is 7. The second-order valence-corrected chi connectivity index (χ2v) is 16.1. The highest BCUT2D eigenvalue weighted by Crippen LogP contribution is 2.72. The van der Waals surface area contributed by atoms with Crippen molar-refractivity contribution in [2.45, 2.75) is 82.1 Å². The van der Waals surface area contributed by atoms with Gasteiger partial charge in [0.1, 0.15) is 12.8 Å². The number of nitrogen functional groups attached to an aromatic ring is 1. The molecule has 6 N–H and O–H groups in total. The van der Waals surface area contributed by atoms with Gasteiger partial charge in [0.05, 0.1) is 18.8 Å². The minimum absolute atomic E-state index is 0.0262. The molecule has 2 heterocycles. The van der Waals surface area contributed by atoms with E-state index in [-0.39, 0.29) is 31.4 Å². The Bertz CT molecular complexity index is 1880. The van der Waals surface area contributed by atoms with E-state index in [2.05, 4.69) is 4.52 Å². The molecule has 1 saturated heterocycles. The molecule has 15 heteroatoms. The van der Waals surface area contributed by atoms with Crippen LogP contribution < -0.4 is 5.73 Å². The number of anilines is 1. The molecule has 0 amide bonds. The number of carbonyl (C=O) groups excluding carboxylic acids is 2. The molecule has 1 aromatic carbocycles. The van der Waals surface area contributed by atoms with E-state index >= 15 is 8.78 Å². The van der Waals surface area contributed by atoms with Gasteiger partial charge in [-0.25, -0.2) is 13.3 Å². The maximum atomic E-state index is 17.7. The maximum Gasteiger partial charge on any atom is 0.470 e. The lowest BCUT2D eigenvalue weighted by Crippen LogP contribution is -2.70. The summed E-state index contributed by atoms with van der Waals surface area (Å²) in [6.07, 6.45) is -0.480. The molecule has 7 rings (SSSR count). The average Bonchev–Trinajstić information content (AvgIpc) is 3.68. The summed E-state index contributed by atoms with van der Waals surface area (Å²) in [6.45, 7) is 1.89. The fraction of sp³-hybridized carbons (Fsp3) is 0.543. The van der Waals surface area contributed by atoms with Gasteiger partial charge < -0.3 is 39.8 Å². The molecule has 1 aromatic heterocycles. The molecule has 270 valence electrons. The van der Waals surface area contributed by atoms with Crippen LogP contribution in [0.15, 0.2) is 54.3 Å². The minimum Gasteiger partial charge on any atom is -0.398 e. The first-order chi connectivity index (χ1) is 23.4. The van der Waals surface area contributed by atoms with Crippen LogP contribution in [0.1, 0.15) is 61.8 Å². The van der Waals surface area contributed by atoms with E-state index in [0.717, 1.165) is 17.3 Å². The van der Waals surface area contributed by atoms with Crippen molar-refractivity contribution in [3.8, 4) is 0 Å². The van der Waals surface area contributed by atoms with Gasteiger partial charge >= 0.3 is 7.82 Å². The van der Waals surface area contributed by atoms with Gasteiger partial charge in [-0.15, -0.1) is 0 Å². The highest BCUT2D eigenvalue weighted by atomic mass is 31.2. The standard InChI is InChI=1S/C35H41F2N2O10P/c1-32-7-6-22(41)11-25(32)26(36)12-24-23-13-30-35(29(43)17-47-50(44,45)46,33(23,2)14-28(42)34(24,32)37)49-31(48-30)20-10-21(39(3)15-20)8-18-4-5-19(16-40)27(38)9-18/h4-7,9-11,15,23-24,26,28,30-31,40,42H,8,12-14,16-17,38H2,1-3H3,(H2,44,45,46)/t23-,24-,26-,28-,30+,31+,32-,33-,34-,35+/m0/s1. The third-order valence-electron chi connectivity index (χ3n) is 12.3. The smallest absolute Gasteiger partial charge is 0.398 e. The summed E-state index contributed by atoms with van der Waals surface area (Å²) in [7, 11) is -3.29. The molecule has 0 spiro atoms. The number of halogens is 2. The summed E-state index contributed by atoms with van der Waals surface area (Å²) >= 11 is 0. The lowest BCUT2D eigenvalue weighted by Gasteiger charge is -2.63. The van der Waals surface area contributed by atoms with Gasteiger partial charge in [0.2, 0.25) is 0 Å². The molecule has 50 heavy (non-hydrogen) atoms. The highest BCUT2D eigenvalue weighted by molar-refractivity contribution is 7.46. The SMILES string of the molecule is Cn1cc([C@@H]2O[C@@H]3C[C@H]4[C@@H]5C[C@H](F)C6=CC(=O)C=C[C@]6(C)[C@@]5(F)[C@@H](O)C[C@]4(C)[C@]3(C(=O)COP(=O)(O)O)O2)cc1Cc1ccc(CO)c(N)c1. The number of hydrogen-bond donors (Lipinski definition) is 5. The van der Waals surface area contributed by atoms with Crippen LogP contribution in [0, 0.1) is 22.7 Å². The first kappa shape index (κ1) is 35.3. The van der Waals surface area contributed by atoms with Gasteiger partial charge in [-0.3, -0.25) is 14.1 Å². The summed E-state index contributed by atoms with van der Waals surface area (Å²) in [6, 6.07) is 7.20. The fourth-order valence-electron chi connectivity index (χ4n) is 9.90. The summed E-state index contributed by atoms with van der Waals surface area (Å²) in [5, 5.41) is 21.3. The molecular weight excluding hydrogens is 677 g/mol. The van der Waals surface area contributed by atoms with Crippen LogP contribution in [-0.2, 0) is 48.2 Å². The minimum atomic E-state index is -5.11. The molecule has 10 atom stereocenters. The molecule has 4 aliphatic carbocycles. The quantitative estimate of drug-likeness (QED) is 0.199. The van der Waals surface area contributed by atoms with Crippen molar-refractivity contribution in [2.75, 3.05) is 12.3 Å². The predicted octanol–water partition coefficient (Wildman–Crippen LogP) is 3.45. The Labute approximate surface area is 287 Å². The zero-order valence-corrected chi connectivity index (χ0v) is 28.7. The molecule has 1 aliphatic heterocycles. The van der Waals surface area contributed by atoms with Crippen LogP contribution in [0.25, 0.3) is 0 Å². The number of aromatic nitrogens is 1. The monoisotopic (exact) mass is 718 g/mol. The van der Waals surface area contributed by atoms with E-state index in [9.17, 15) is 34.2 Å². The number of phosphoric ester groups is 1. The Morgan fingerprint density at radius 1 is 1.20 bits per heavy atom. The topological polar surface area (TPSA) is 191 Å². The Balaban J connectivity index is 1.25.